The molecule has 4 aliphatic carbocycles. The van der Waals surface area contributed by atoms with Gasteiger partial charge in [-0.3, -0.25) is 9.59 Å². The van der Waals surface area contributed by atoms with Crippen molar-refractivity contribution in [1.29, 1.82) is 0 Å². The van der Waals surface area contributed by atoms with Crippen molar-refractivity contribution in [2.24, 2.45) is 10.8 Å². The van der Waals surface area contributed by atoms with Gasteiger partial charge >= 0.3 is 12.1 Å². The second kappa shape index (κ2) is 8.82. The maximum atomic E-state index is 14.1. The highest BCUT2D eigenvalue weighted by Gasteiger charge is 2.81. The van der Waals surface area contributed by atoms with Crippen molar-refractivity contribution in [2.75, 3.05) is 0 Å². The van der Waals surface area contributed by atoms with E-state index >= 15 is 0 Å². The van der Waals surface area contributed by atoms with E-state index in [1.807, 2.05) is 0 Å². The third-order valence-electron chi connectivity index (χ3n) is 9.29. The lowest BCUT2D eigenvalue weighted by Gasteiger charge is -2.71. The molecule has 42 heavy (non-hydrogen) atoms. The van der Waals surface area contributed by atoms with Crippen LogP contribution in [-0.4, -0.2) is 27.5 Å². The summed E-state index contributed by atoms with van der Waals surface area (Å²) in [6.45, 7) is 0. The fraction of sp³-hybridized carbons (Fsp3) is 0.290. The number of rotatable bonds is 7. The molecule has 0 unspecified atom stereocenters. The minimum absolute atomic E-state index is 0.221. The minimum atomic E-state index is -4.47. The molecular weight excluding hydrogens is 575 g/mol. The molecule has 2 bridgehead atoms. The summed E-state index contributed by atoms with van der Waals surface area (Å²) in [5.74, 6) is -3.17. The van der Waals surface area contributed by atoms with Gasteiger partial charge in [0.15, 0.2) is 11.6 Å². The van der Waals surface area contributed by atoms with Crippen LogP contribution in [0.5, 0.6) is 0 Å². The van der Waals surface area contributed by atoms with E-state index in [-0.39, 0.29) is 11.3 Å². The van der Waals surface area contributed by atoms with Crippen molar-refractivity contribution in [3.8, 4) is 11.1 Å². The Morgan fingerprint density at radius 1 is 0.929 bits per heavy atom. The zero-order valence-corrected chi connectivity index (χ0v) is 22.7. The van der Waals surface area contributed by atoms with Gasteiger partial charge in [-0.15, -0.1) is 0 Å². The van der Waals surface area contributed by atoms with Crippen molar-refractivity contribution in [2.45, 2.75) is 53.6 Å². The Bertz CT molecular complexity index is 1770. The number of carbonyl (C=O) groups is 2. The molecule has 216 valence electrons. The highest BCUT2D eigenvalue weighted by Crippen LogP contribution is 2.81. The summed E-state index contributed by atoms with van der Waals surface area (Å²) in [6, 6.07) is 11.4. The molecule has 0 atom stereocenters. The van der Waals surface area contributed by atoms with Gasteiger partial charge in [0.05, 0.1) is 16.5 Å². The number of aliphatic carboxylic acids is 1. The largest absolute Gasteiger partial charge is 0.481 e. The topological polar surface area (TPSA) is 82.2 Å². The summed E-state index contributed by atoms with van der Waals surface area (Å²) < 4.78 is 67.1. The number of hydrogen-bond acceptors (Lipinski definition) is 3. The molecule has 0 aliphatic heterocycles. The van der Waals surface area contributed by atoms with Crippen LogP contribution in [0.15, 0.2) is 70.6 Å². The van der Waals surface area contributed by atoms with Gasteiger partial charge in [0.2, 0.25) is 0 Å². The van der Waals surface area contributed by atoms with Crippen LogP contribution in [-0.2, 0) is 11.0 Å². The summed E-state index contributed by atoms with van der Waals surface area (Å²) in [7, 11) is 0. The van der Waals surface area contributed by atoms with E-state index in [0.29, 0.717) is 56.6 Å². The number of nitrogens with one attached hydrogen (secondary N) is 2. The minimum Gasteiger partial charge on any atom is -0.481 e. The Hall–Kier alpha value is -3.86. The fourth-order valence-corrected chi connectivity index (χ4v) is 7.91. The molecule has 4 fully saturated rings. The van der Waals surface area contributed by atoms with Crippen LogP contribution in [0, 0.1) is 22.5 Å². The van der Waals surface area contributed by atoms with Gasteiger partial charge in [-0.1, -0.05) is 23.9 Å². The summed E-state index contributed by atoms with van der Waals surface area (Å²) in [5.41, 5.74) is -0.439. The Labute approximate surface area is 240 Å². The quantitative estimate of drug-likeness (QED) is 0.190. The first-order chi connectivity index (χ1) is 19.9. The lowest BCUT2D eigenvalue weighted by molar-refractivity contribution is -0.236. The molecule has 8 rings (SSSR count). The number of fused-ring (bicyclic) bond motifs is 1. The molecule has 0 radical (unpaired) electrons. The molecule has 3 aromatic carbocycles. The van der Waals surface area contributed by atoms with Crippen LogP contribution >= 0.6 is 11.8 Å². The summed E-state index contributed by atoms with van der Waals surface area (Å²) >= 11 is 1.17. The standard InChI is InChI=1S/C31H23F5N2O3S/c32-21-8-1-16(11-22(21)33)19-6-7-20(26(39)38-30(9-10-30)29-13-28(14-29,15-29)27(40)41)24-23(12-37-25(19)24)42-18-4-2-17(3-5-18)31(34,35)36/h1-8,11-12,37H,9-10,13-15H2,(H,38,39)(H,40,41). The predicted octanol–water partition coefficient (Wildman–Crippen LogP) is 7.80. The zero-order valence-electron chi connectivity index (χ0n) is 21.9. The van der Waals surface area contributed by atoms with Crippen LogP contribution in [0.2, 0.25) is 0 Å². The second-order valence-corrected chi connectivity index (χ2v) is 12.9. The molecule has 3 N–H and O–H groups in total. The van der Waals surface area contributed by atoms with Crippen LogP contribution in [0.25, 0.3) is 22.0 Å². The first-order valence-electron chi connectivity index (χ1n) is 13.4. The van der Waals surface area contributed by atoms with Gasteiger partial charge in [-0.25, -0.2) is 8.78 Å². The molecule has 0 spiro atoms. The van der Waals surface area contributed by atoms with Crippen LogP contribution in [0.4, 0.5) is 22.0 Å². The predicted molar refractivity (Wildman–Crippen MR) is 145 cm³/mol. The van der Waals surface area contributed by atoms with E-state index in [1.54, 1.807) is 18.3 Å². The van der Waals surface area contributed by atoms with E-state index in [9.17, 15) is 36.6 Å². The van der Waals surface area contributed by atoms with Crippen molar-refractivity contribution in [1.82, 2.24) is 10.3 Å². The monoisotopic (exact) mass is 598 g/mol. The highest BCUT2D eigenvalue weighted by molar-refractivity contribution is 7.99. The zero-order chi connectivity index (χ0) is 29.7. The number of halogens is 5. The number of aromatic nitrogens is 1. The highest BCUT2D eigenvalue weighted by atomic mass is 32.2. The van der Waals surface area contributed by atoms with Gasteiger partial charge in [0, 0.05) is 38.0 Å². The average molecular weight is 599 g/mol. The molecular formula is C31H23F5N2O3S. The SMILES string of the molecule is O=C(NC1(C23CC(C(=O)O)(C2)C3)CC1)c1ccc(-c2ccc(F)c(F)c2)c2[nH]cc(Sc3ccc(C(F)(F)F)cc3)c12. The smallest absolute Gasteiger partial charge is 0.416 e. The normalized spacial score (nSPS) is 23.6. The maximum Gasteiger partial charge on any atom is 0.416 e. The van der Waals surface area contributed by atoms with Gasteiger partial charge in [-0.2, -0.15) is 13.2 Å². The van der Waals surface area contributed by atoms with Crippen molar-refractivity contribution >= 4 is 34.5 Å². The second-order valence-electron chi connectivity index (χ2n) is 11.7. The number of H-pyrrole nitrogens is 1. The Balaban J connectivity index is 1.26. The van der Waals surface area contributed by atoms with E-state index < -0.39 is 40.3 Å². The number of carboxylic acid groups (broad SMARTS) is 1. The maximum absolute atomic E-state index is 14.1. The number of amides is 1. The lowest BCUT2D eigenvalue weighted by atomic mass is 9.32. The lowest BCUT2D eigenvalue weighted by Crippen LogP contribution is -2.73. The molecule has 4 aliphatic rings. The van der Waals surface area contributed by atoms with Gasteiger partial charge in [0.25, 0.3) is 5.91 Å². The summed E-state index contributed by atoms with van der Waals surface area (Å²) in [6.07, 6.45) is 0.295. The first-order valence-corrected chi connectivity index (χ1v) is 14.2. The Morgan fingerprint density at radius 2 is 1.62 bits per heavy atom. The van der Waals surface area contributed by atoms with E-state index in [2.05, 4.69) is 10.3 Å². The fourth-order valence-electron chi connectivity index (χ4n) is 6.95. The number of aromatic amines is 1. The third-order valence-corrected chi connectivity index (χ3v) is 10.3. The number of alkyl halides is 3. The molecule has 4 aromatic rings. The van der Waals surface area contributed by atoms with Crippen LogP contribution in [0.1, 0.15) is 48.0 Å². The summed E-state index contributed by atoms with van der Waals surface area (Å²) in [4.78, 5) is 29.7. The van der Waals surface area contributed by atoms with Crippen molar-refractivity contribution in [3.05, 3.63) is 83.6 Å². The van der Waals surface area contributed by atoms with E-state index in [4.69, 9.17) is 0 Å². The van der Waals surface area contributed by atoms with Gasteiger partial charge in [0.1, 0.15) is 0 Å². The molecule has 11 heteroatoms. The molecule has 5 nitrogen and oxygen atoms in total. The van der Waals surface area contributed by atoms with Gasteiger partial charge < -0.3 is 15.4 Å². The molecule has 1 amide bonds. The van der Waals surface area contributed by atoms with Gasteiger partial charge in [-0.05, 0) is 85.5 Å². The number of carbonyl (C=O) groups excluding carboxylic acids is 1. The molecule has 0 saturated heterocycles. The van der Waals surface area contributed by atoms with E-state index in [0.717, 1.165) is 37.1 Å². The first kappa shape index (κ1) is 27.0. The van der Waals surface area contributed by atoms with Crippen LogP contribution < -0.4 is 5.32 Å². The third kappa shape index (κ3) is 3.96. The van der Waals surface area contributed by atoms with Crippen LogP contribution in [0.3, 0.4) is 0 Å². The molecule has 1 aromatic heterocycles. The number of hydrogen-bond donors (Lipinski definition) is 3. The average Bonchev–Trinajstić information content (AvgIpc) is 3.53. The Kier molecular flexibility index (Phi) is 5.67. The van der Waals surface area contributed by atoms with Crippen molar-refractivity contribution in [3.63, 3.8) is 0 Å². The Morgan fingerprint density at radius 3 is 2.21 bits per heavy atom. The summed E-state index contributed by atoms with van der Waals surface area (Å²) in [5, 5.41) is 13.3. The molecule has 4 saturated carbocycles. The van der Waals surface area contributed by atoms with Crippen molar-refractivity contribution < 1.29 is 36.6 Å². The molecule has 1 heterocycles. The number of benzene rings is 3. The van der Waals surface area contributed by atoms with E-state index in [1.165, 1.54) is 30.0 Å². The number of carboxylic acids is 1.